The summed E-state index contributed by atoms with van der Waals surface area (Å²) in [5, 5.41) is 14.9. The van der Waals surface area contributed by atoms with Gasteiger partial charge in [0.05, 0.1) is 12.3 Å². The number of carbonyl (C=O) groups excluding carboxylic acids is 1. The molecule has 3 N–H and O–H groups in total. The van der Waals surface area contributed by atoms with E-state index in [0.717, 1.165) is 6.42 Å². The minimum atomic E-state index is -0.888. The average molecular weight is 322 g/mol. The first kappa shape index (κ1) is 19.0. The Hall–Kier alpha value is -2.08. The van der Waals surface area contributed by atoms with Crippen LogP contribution in [-0.2, 0) is 9.59 Å². The molecule has 0 aliphatic rings. The van der Waals surface area contributed by atoms with E-state index in [1.807, 2.05) is 32.9 Å². The molecule has 0 saturated carbocycles. The van der Waals surface area contributed by atoms with Crippen LogP contribution in [0.15, 0.2) is 24.3 Å². The number of carbonyl (C=O) groups is 2. The summed E-state index contributed by atoms with van der Waals surface area (Å²) in [5.41, 5.74) is 0.621. The number of hydrogen-bond donors (Lipinski definition) is 3. The third-order valence-electron chi connectivity index (χ3n) is 3.66. The van der Waals surface area contributed by atoms with Crippen LogP contribution in [0, 0.1) is 5.92 Å². The van der Waals surface area contributed by atoms with E-state index in [9.17, 15) is 14.7 Å². The lowest BCUT2D eigenvalue weighted by Gasteiger charge is -2.20. The van der Waals surface area contributed by atoms with E-state index in [-0.39, 0.29) is 18.2 Å². The van der Waals surface area contributed by atoms with E-state index in [0.29, 0.717) is 24.6 Å². The Kier molecular flexibility index (Phi) is 8.11. The molecule has 0 aromatic heterocycles. The predicted molar refractivity (Wildman–Crippen MR) is 89.7 cm³/mol. The maximum Gasteiger partial charge on any atom is 0.320 e. The zero-order chi connectivity index (χ0) is 17.2. The average Bonchev–Trinajstić information content (AvgIpc) is 2.52. The van der Waals surface area contributed by atoms with Gasteiger partial charge in [0.15, 0.2) is 0 Å². The fraction of sp³-hybridized carbons (Fsp3) is 0.529. The molecule has 1 rings (SSSR count). The number of carboxylic acid groups (broad SMARTS) is 1. The first-order chi connectivity index (χ1) is 11.0. The number of carboxylic acids is 1. The van der Waals surface area contributed by atoms with Gasteiger partial charge in [0.1, 0.15) is 11.8 Å². The van der Waals surface area contributed by atoms with E-state index in [4.69, 9.17) is 4.74 Å². The Bertz CT molecular complexity index is 519. The van der Waals surface area contributed by atoms with Crippen LogP contribution in [0.4, 0.5) is 5.69 Å². The minimum Gasteiger partial charge on any atom is -0.492 e. The summed E-state index contributed by atoms with van der Waals surface area (Å²) >= 11 is 0. The second-order valence-electron chi connectivity index (χ2n) is 5.38. The first-order valence-electron chi connectivity index (χ1n) is 7.97. The van der Waals surface area contributed by atoms with Crippen molar-refractivity contribution in [2.24, 2.45) is 5.92 Å². The molecule has 1 aromatic carbocycles. The van der Waals surface area contributed by atoms with Gasteiger partial charge < -0.3 is 20.5 Å². The van der Waals surface area contributed by atoms with Gasteiger partial charge in [-0.05, 0) is 25.0 Å². The Morgan fingerprint density at radius 2 is 1.96 bits per heavy atom. The summed E-state index contributed by atoms with van der Waals surface area (Å²) in [4.78, 5) is 23.2. The Morgan fingerprint density at radius 3 is 2.57 bits per heavy atom. The van der Waals surface area contributed by atoms with Gasteiger partial charge in [-0.25, -0.2) is 0 Å². The SMILES string of the molecule is CCOc1ccccc1NC(=O)CCN[C@H](C(=O)O)[C@@H](C)CC. The lowest BCUT2D eigenvalue weighted by Crippen LogP contribution is -2.42. The van der Waals surface area contributed by atoms with Crippen molar-refractivity contribution in [1.82, 2.24) is 5.32 Å². The van der Waals surface area contributed by atoms with Crippen molar-refractivity contribution < 1.29 is 19.4 Å². The number of anilines is 1. The number of para-hydroxylation sites is 2. The van der Waals surface area contributed by atoms with Crippen LogP contribution in [0.5, 0.6) is 5.75 Å². The smallest absolute Gasteiger partial charge is 0.320 e. The summed E-state index contributed by atoms with van der Waals surface area (Å²) in [6.07, 6.45) is 0.957. The van der Waals surface area contributed by atoms with Gasteiger partial charge in [0.2, 0.25) is 5.91 Å². The Labute approximate surface area is 137 Å². The van der Waals surface area contributed by atoms with Crippen molar-refractivity contribution in [3.63, 3.8) is 0 Å². The number of benzene rings is 1. The molecule has 0 aliphatic carbocycles. The number of aliphatic carboxylic acids is 1. The maximum atomic E-state index is 12.0. The molecule has 0 saturated heterocycles. The molecule has 0 fully saturated rings. The van der Waals surface area contributed by atoms with Gasteiger partial charge in [-0.2, -0.15) is 0 Å². The third kappa shape index (κ3) is 6.28. The number of amides is 1. The van der Waals surface area contributed by atoms with E-state index < -0.39 is 12.0 Å². The number of ether oxygens (including phenoxy) is 1. The fourth-order valence-electron chi connectivity index (χ4n) is 2.17. The summed E-state index contributed by atoms with van der Waals surface area (Å²) in [5.74, 6) is -0.437. The summed E-state index contributed by atoms with van der Waals surface area (Å²) in [7, 11) is 0. The number of nitrogens with one attached hydrogen (secondary N) is 2. The lowest BCUT2D eigenvalue weighted by atomic mass is 9.99. The van der Waals surface area contributed by atoms with Crippen LogP contribution in [0.25, 0.3) is 0 Å². The zero-order valence-corrected chi connectivity index (χ0v) is 14.0. The second kappa shape index (κ2) is 9.84. The summed E-state index contributed by atoms with van der Waals surface area (Å²) in [6.45, 7) is 6.53. The van der Waals surface area contributed by atoms with Crippen molar-refractivity contribution in [3.8, 4) is 5.75 Å². The van der Waals surface area contributed by atoms with E-state index in [2.05, 4.69) is 10.6 Å². The van der Waals surface area contributed by atoms with Crippen molar-refractivity contribution in [2.75, 3.05) is 18.5 Å². The molecule has 0 aliphatic heterocycles. The Morgan fingerprint density at radius 1 is 1.26 bits per heavy atom. The molecule has 0 unspecified atom stereocenters. The van der Waals surface area contributed by atoms with Gasteiger partial charge in [0.25, 0.3) is 0 Å². The quantitative estimate of drug-likeness (QED) is 0.616. The van der Waals surface area contributed by atoms with E-state index in [1.54, 1.807) is 12.1 Å². The Balaban J connectivity index is 2.50. The molecular weight excluding hydrogens is 296 g/mol. The zero-order valence-electron chi connectivity index (χ0n) is 14.0. The van der Waals surface area contributed by atoms with Gasteiger partial charge in [0, 0.05) is 13.0 Å². The van der Waals surface area contributed by atoms with Gasteiger partial charge in [-0.3, -0.25) is 9.59 Å². The molecule has 2 atom stereocenters. The predicted octanol–water partition coefficient (Wildman–Crippen LogP) is 2.50. The molecule has 0 bridgehead atoms. The van der Waals surface area contributed by atoms with E-state index in [1.165, 1.54) is 0 Å². The number of rotatable bonds is 10. The van der Waals surface area contributed by atoms with Crippen LogP contribution >= 0.6 is 0 Å². The summed E-state index contributed by atoms with van der Waals surface area (Å²) < 4.78 is 5.45. The van der Waals surface area contributed by atoms with Gasteiger partial charge >= 0.3 is 5.97 Å². The molecule has 0 radical (unpaired) electrons. The molecule has 23 heavy (non-hydrogen) atoms. The molecule has 0 heterocycles. The molecule has 1 aromatic rings. The number of hydrogen-bond acceptors (Lipinski definition) is 4. The minimum absolute atomic E-state index is 0.00856. The largest absolute Gasteiger partial charge is 0.492 e. The van der Waals surface area contributed by atoms with Crippen molar-refractivity contribution in [1.29, 1.82) is 0 Å². The standard InChI is InChI=1S/C17H26N2O4/c1-4-12(3)16(17(21)22)18-11-10-15(20)19-13-8-6-7-9-14(13)23-5-2/h6-9,12,16,18H,4-5,10-11H2,1-3H3,(H,19,20)(H,21,22)/t12-,16-/m0/s1. The summed E-state index contributed by atoms with van der Waals surface area (Å²) in [6, 6.07) is 6.59. The normalized spacial score (nSPS) is 13.2. The van der Waals surface area contributed by atoms with Crippen LogP contribution in [-0.4, -0.2) is 36.2 Å². The van der Waals surface area contributed by atoms with Crippen molar-refractivity contribution in [3.05, 3.63) is 24.3 Å². The van der Waals surface area contributed by atoms with Crippen LogP contribution in [0.3, 0.4) is 0 Å². The first-order valence-corrected chi connectivity index (χ1v) is 7.97. The molecular formula is C17H26N2O4. The van der Waals surface area contributed by atoms with Gasteiger partial charge in [-0.1, -0.05) is 32.4 Å². The van der Waals surface area contributed by atoms with E-state index >= 15 is 0 Å². The third-order valence-corrected chi connectivity index (χ3v) is 3.66. The second-order valence-corrected chi connectivity index (χ2v) is 5.38. The van der Waals surface area contributed by atoms with Crippen LogP contribution in [0.1, 0.15) is 33.6 Å². The van der Waals surface area contributed by atoms with Crippen molar-refractivity contribution >= 4 is 17.6 Å². The highest BCUT2D eigenvalue weighted by Gasteiger charge is 2.22. The fourth-order valence-corrected chi connectivity index (χ4v) is 2.17. The maximum absolute atomic E-state index is 12.0. The highest BCUT2D eigenvalue weighted by molar-refractivity contribution is 5.92. The van der Waals surface area contributed by atoms with Crippen molar-refractivity contribution in [2.45, 2.75) is 39.7 Å². The highest BCUT2D eigenvalue weighted by Crippen LogP contribution is 2.23. The molecule has 128 valence electrons. The molecule has 0 spiro atoms. The molecule has 6 nitrogen and oxygen atoms in total. The lowest BCUT2D eigenvalue weighted by molar-refractivity contribution is -0.141. The molecule has 6 heteroatoms. The van der Waals surface area contributed by atoms with Crippen LogP contribution in [0.2, 0.25) is 0 Å². The van der Waals surface area contributed by atoms with Gasteiger partial charge in [-0.15, -0.1) is 0 Å². The monoisotopic (exact) mass is 322 g/mol. The molecule has 1 amide bonds. The topological polar surface area (TPSA) is 87.7 Å². The highest BCUT2D eigenvalue weighted by atomic mass is 16.5. The van der Waals surface area contributed by atoms with Crippen LogP contribution < -0.4 is 15.4 Å².